The molecule has 220 valence electrons. The topological polar surface area (TPSA) is 262 Å². The van der Waals surface area contributed by atoms with Crippen molar-refractivity contribution in [3.63, 3.8) is 0 Å². The Morgan fingerprint density at radius 3 is 2.73 bits per heavy atom. The van der Waals surface area contributed by atoms with Gasteiger partial charge in [-0.3, -0.25) is 23.7 Å². The number of fused-ring (bicyclic) bond motifs is 1. The van der Waals surface area contributed by atoms with Crippen LogP contribution in [0.15, 0.2) is 46.6 Å². The van der Waals surface area contributed by atoms with E-state index in [9.17, 15) is 29.9 Å². The number of imidazole rings is 1. The summed E-state index contributed by atoms with van der Waals surface area (Å²) in [6.45, 7) is 3.70. The lowest BCUT2D eigenvalue weighted by Crippen LogP contribution is -2.45. The fraction of sp³-hybridized carbons (Fsp3) is 0.455. The van der Waals surface area contributed by atoms with Gasteiger partial charge in [0.05, 0.1) is 19.0 Å². The van der Waals surface area contributed by atoms with Gasteiger partial charge >= 0.3 is 13.7 Å². The number of aliphatic hydroxyl groups is 2. The molecule has 2 aromatic heterocycles. The first-order valence-electron chi connectivity index (χ1n) is 12.2. The predicted octanol–water partition coefficient (Wildman–Crippen LogP) is 1.09. The second-order valence-electron chi connectivity index (χ2n) is 9.26. The normalized spacial score (nSPS) is 24.5. The Balaban J connectivity index is 1.64. The van der Waals surface area contributed by atoms with E-state index < -0.39 is 62.2 Å². The molecular formula is C22H28N9O9P. The zero-order valence-electron chi connectivity index (χ0n) is 22.0. The van der Waals surface area contributed by atoms with Crippen LogP contribution in [-0.4, -0.2) is 72.4 Å². The van der Waals surface area contributed by atoms with Crippen molar-refractivity contribution in [1.82, 2.24) is 24.6 Å². The summed E-state index contributed by atoms with van der Waals surface area (Å²) in [6.07, 6.45) is -4.61. The maximum absolute atomic E-state index is 13.9. The highest BCUT2D eigenvalue weighted by Gasteiger charge is 2.56. The third-order valence-corrected chi connectivity index (χ3v) is 7.43. The summed E-state index contributed by atoms with van der Waals surface area (Å²) in [7, 11) is -4.49. The number of ether oxygens (including phenoxy) is 2. The first-order chi connectivity index (χ1) is 19.4. The van der Waals surface area contributed by atoms with Gasteiger partial charge in [-0.05, 0) is 38.4 Å². The number of aromatic nitrogens is 4. The highest BCUT2D eigenvalue weighted by Crippen LogP contribution is 2.48. The number of aliphatic hydroxyl groups excluding tert-OH is 2. The molecule has 6 N–H and O–H groups in total. The molecule has 4 rings (SSSR count). The number of nitrogens with one attached hydrogen (secondary N) is 2. The number of carbonyl (C=O) groups excluding carboxylic acids is 1. The highest BCUT2D eigenvalue weighted by molar-refractivity contribution is 7.52. The molecule has 0 aliphatic carbocycles. The standard InChI is InChI=1S/C22H28N9O9P/c1-11(2)38-20(35)12(3)28-41(36,40-13-7-5-4-6-8-13)37-9-22(29-30-24)16(33)15(32)19(39-22)31-10-25-14-17(31)26-21(23)27-18(14)34/h4-8,10-12,15-16,19,32-33H,9H2,1-3H3,(H,28,36)(H3,23,26,27,34)/t12?,15-,16+,19-,22-,41?/m1/s1. The Labute approximate surface area is 231 Å². The van der Waals surface area contributed by atoms with Crippen LogP contribution in [0.3, 0.4) is 0 Å². The zero-order chi connectivity index (χ0) is 29.9. The van der Waals surface area contributed by atoms with Gasteiger partial charge in [-0.15, -0.1) is 0 Å². The molecule has 6 atom stereocenters. The van der Waals surface area contributed by atoms with E-state index in [0.717, 1.165) is 10.9 Å². The number of para-hydroxylation sites is 1. The molecule has 0 bridgehead atoms. The minimum absolute atomic E-state index is 0.0927. The molecule has 1 saturated heterocycles. The van der Waals surface area contributed by atoms with Gasteiger partial charge in [0.1, 0.15) is 24.0 Å². The molecule has 18 nitrogen and oxygen atoms in total. The molecule has 0 spiro atoms. The Bertz CT molecular complexity index is 1560. The average molecular weight is 593 g/mol. The fourth-order valence-corrected chi connectivity index (χ4v) is 5.45. The number of nitrogens with zero attached hydrogens (tertiary/aromatic N) is 6. The van der Waals surface area contributed by atoms with Crippen molar-refractivity contribution in [2.24, 2.45) is 5.11 Å². The van der Waals surface area contributed by atoms with Crippen molar-refractivity contribution in [1.29, 1.82) is 0 Å². The lowest BCUT2D eigenvalue weighted by atomic mass is 10.1. The first-order valence-corrected chi connectivity index (χ1v) is 13.7. The van der Waals surface area contributed by atoms with E-state index in [0.29, 0.717) is 0 Å². The summed E-state index contributed by atoms with van der Waals surface area (Å²) in [4.78, 5) is 37.5. The van der Waals surface area contributed by atoms with Crippen LogP contribution in [0.4, 0.5) is 5.95 Å². The highest BCUT2D eigenvalue weighted by atomic mass is 31.2. The summed E-state index contributed by atoms with van der Waals surface area (Å²) in [6, 6.07) is 6.65. The second kappa shape index (κ2) is 11.8. The van der Waals surface area contributed by atoms with Crippen molar-refractivity contribution in [2.75, 3.05) is 12.3 Å². The molecule has 19 heteroatoms. The van der Waals surface area contributed by atoms with E-state index >= 15 is 0 Å². The SMILES string of the molecule is CC(C)OC(=O)C(C)NP(=O)(OC[C@@]1(N=[N+]=[N-])O[C@@H](n2cnc3c(=O)[nH]c(N)nc32)[C@H](O)[C@@H]1O)Oc1ccccc1. The Kier molecular flexibility index (Phi) is 8.65. The molecule has 3 aromatic rings. The van der Waals surface area contributed by atoms with Crippen LogP contribution >= 0.6 is 7.75 Å². The van der Waals surface area contributed by atoms with Crippen LogP contribution in [0.25, 0.3) is 21.6 Å². The minimum atomic E-state index is -4.49. The molecule has 0 saturated carbocycles. The van der Waals surface area contributed by atoms with Crippen LogP contribution in [0, 0.1) is 0 Å². The third kappa shape index (κ3) is 6.34. The molecule has 1 aromatic carbocycles. The number of esters is 1. The number of carbonyl (C=O) groups is 1. The van der Waals surface area contributed by atoms with Gasteiger partial charge in [0.15, 0.2) is 17.4 Å². The Morgan fingerprint density at radius 1 is 1.37 bits per heavy atom. The second-order valence-corrected chi connectivity index (χ2v) is 11.0. The van der Waals surface area contributed by atoms with Crippen LogP contribution in [0.5, 0.6) is 5.75 Å². The van der Waals surface area contributed by atoms with Gasteiger partial charge in [0.2, 0.25) is 11.7 Å². The first kappa shape index (κ1) is 30.0. The van der Waals surface area contributed by atoms with Crippen LogP contribution in [0.2, 0.25) is 0 Å². The number of hydrogen-bond acceptors (Lipinski definition) is 13. The molecule has 1 aliphatic rings. The number of nitrogen functional groups attached to an aromatic ring is 1. The smallest absolute Gasteiger partial charge is 0.459 e. The fourth-order valence-electron chi connectivity index (χ4n) is 3.94. The quantitative estimate of drug-likeness (QED) is 0.0686. The number of azide groups is 1. The molecule has 2 unspecified atom stereocenters. The summed E-state index contributed by atoms with van der Waals surface area (Å²) < 4.78 is 37.0. The summed E-state index contributed by atoms with van der Waals surface area (Å²) in [5.74, 6) is -0.918. The number of hydrogen-bond donors (Lipinski definition) is 5. The van der Waals surface area contributed by atoms with E-state index in [4.69, 9.17) is 24.3 Å². The third-order valence-electron chi connectivity index (χ3n) is 5.81. The van der Waals surface area contributed by atoms with Gasteiger partial charge in [0.25, 0.3) is 5.56 Å². The van der Waals surface area contributed by atoms with Gasteiger partial charge in [-0.25, -0.2) is 9.55 Å². The minimum Gasteiger partial charge on any atom is -0.462 e. The summed E-state index contributed by atoms with van der Waals surface area (Å²) in [5, 5.41) is 27.8. The molecule has 0 amide bonds. The van der Waals surface area contributed by atoms with E-state index in [1.54, 1.807) is 32.0 Å². The molecular weight excluding hydrogens is 565 g/mol. The van der Waals surface area contributed by atoms with Gasteiger partial charge < -0.3 is 29.9 Å². The van der Waals surface area contributed by atoms with Crippen LogP contribution in [-0.2, 0) is 23.4 Å². The van der Waals surface area contributed by atoms with Crippen LogP contribution in [0.1, 0.15) is 27.0 Å². The largest absolute Gasteiger partial charge is 0.462 e. The van der Waals surface area contributed by atoms with Crippen LogP contribution < -0.4 is 20.9 Å². The number of benzene rings is 1. The van der Waals surface area contributed by atoms with Crippen molar-refractivity contribution >= 4 is 30.8 Å². The van der Waals surface area contributed by atoms with Crippen molar-refractivity contribution in [3.8, 4) is 5.75 Å². The maximum atomic E-state index is 13.9. The number of rotatable bonds is 11. The predicted molar refractivity (Wildman–Crippen MR) is 141 cm³/mol. The summed E-state index contributed by atoms with van der Waals surface area (Å²) in [5.41, 5.74) is 11.6. The van der Waals surface area contributed by atoms with Gasteiger partial charge in [-0.2, -0.15) is 10.1 Å². The lowest BCUT2D eigenvalue weighted by molar-refractivity contribution is -0.149. The molecule has 1 aliphatic heterocycles. The maximum Gasteiger partial charge on any atom is 0.459 e. The van der Waals surface area contributed by atoms with Crippen molar-refractivity contribution in [3.05, 3.63) is 57.5 Å². The van der Waals surface area contributed by atoms with Crippen molar-refractivity contribution < 1.29 is 38.1 Å². The van der Waals surface area contributed by atoms with Crippen molar-refractivity contribution in [2.45, 2.75) is 57.1 Å². The molecule has 3 heterocycles. The van der Waals surface area contributed by atoms with E-state index in [2.05, 4.69) is 30.1 Å². The Hall–Kier alpha value is -4.02. The molecule has 0 radical (unpaired) electrons. The monoisotopic (exact) mass is 593 g/mol. The van der Waals surface area contributed by atoms with Gasteiger partial charge in [0, 0.05) is 4.91 Å². The summed E-state index contributed by atoms with van der Waals surface area (Å²) >= 11 is 0. The molecule has 1 fully saturated rings. The number of H-pyrrole nitrogens is 1. The van der Waals surface area contributed by atoms with Gasteiger partial charge in [-0.1, -0.05) is 23.3 Å². The van der Waals surface area contributed by atoms with E-state index in [-0.39, 0.29) is 22.9 Å². The van der Waals surface area contributed by atoms with E-state index in [1.165, 1.54) is 19.1 Å². The number of nitrogens with two attached hydrogens (primary N) is 1. The lowest BCUT2D eigenvalue weighted by Gasteiger charge is -2.29. The molecule has 41 heavy (non-hydrogen) atoms. The van der Waals surface area contributed by atoms with E-state index in [1.807, 2.05) is 0 Å². The number of aromatic amines is 1. The zero-order valence-corrected chi connectivity index (χ0v) is 22.9. The average Bonchev–Trinajstić information content (AvgIpc) is 3.43. The Morgan fingerprint density at radius 2 is 2.07 bits per heavy atom. The number of anilines is 1.